The molecule has 6 rings (SSSR count). The molecule has 0 aliphatic carbocycles. The fourth-order valence-electron chi connectivity index (χ4n) is 5.30. The molecule has 0 heterocycles. The first-order valence-corrected chi connectivity index (χ1v) is 14.9. The molecule has 0 unspecified atom stereocenters. The van der Waals surface area contributed by atoms with Crippen LogP contribution in [-0.4, -0.2) is 5.97 Å². The van der Waals surface area contributed by atoms with E-state index >= 15 is 0 Å². The van der Waals surface area contributed by atoms with Crippen LogP contribution < -0.4 is 14.5 Å². The van der Waals surface area contributed by atoms with Crippen LogP contribution in [0, 0.1) is 6.92 Å². The van der Waals surface area contributed by atoms with Crippen LogP contribution in [0.5, 0.6) is 5.75 Å². The van der Waals surface area contributed by atoms with Gasteiger partial charge in [0.1, 0.15) is 5.75 Å². The second kappa shape index (κ2) is 13.2. The van der Waals surface area contributed by atoms with Crippen LogP contribution in [0.3, 0.4) is 0 Å². The third-order valence-corrected chi connectivity index (χ3v) is 7.51. The van der Waals surface area contributed by atoms with Crippen LogP contribution >= 0.6 is 0 Å². The summed E-state index contributed by atoms with van der Waals surface area (Å²) in [6.45, 7) is 7.45. The number of nitrogens with zero attached hydrogens (tertiary/aromatic N) is 2. The highest BCUT2D eigenvalue weighted by atomic mass is 16.5. The second-order valence-electron chi connectivity index (χ2n) is 10.9. The Balaban J connectivity index is 1.31. The quantitative estimate of drug-likeness (QED) is 0.0958. The van der Waals surface area contributed by atoms with E-state index < -0.39 is 5.97 Å². The highest BCUT2D eigenvalue weighted by molar-refractivity contribution is 5.89. The predicted molar refractivity (Wildman–Crippen MR) is 186 cm³/mol. The van der Waals surface area contributed by atoms with Crippen molar-refractivity contribution in [1.82, 2.24) is 0 Å². The molecule has 0 aliphatic heterocycles. The van der Waals surface area contributed by atoms with E-state index in [1.165, 1.54) is 5.56 Å². The van der Waals surface area contributed by atoms with Crippen molar-refractivity contribution in [3.8, 4) is 16.9 Å². The largest absolute Gasteiger partial charge is 0.423 e. The zero-order valence-electron chi connectivity index (χ0n) is 25.4. The minimum atomic E-state index is -0.445. The number of esters is 1. The van der Waals surface area contributed by atoms with Crippen LogP contribution in [0.1, 0.15) is 12.5 Å². The summed E-state index contributed by atoms with van der Waals surface area (Å²) in [6, 6.07) is 53.9. The molecule has 4 heteroatoms. The number of benzene rings is 6. The van der Waals surface area contributed by atoms with Gasteiger partial charge >= 0.3 is 5.97 Å². The Hall–Kier alpha value is -5.87. The Kier molecular flexibility index (Phi) is 8.56. The molecule has 0 spiro atoms. The summed E-state index contributed by atoms with van der Waals surface area (Å²) in [6.07, 6.45) is 0. The predicted octanol–water partition coefficient (Wildman–Crippen LogP) is 11.1. The van der Waals surface area contributed by atoms with Gasteiger partial charge in [-0.25, -0.2) is 4.79 Å². The van der Waals surface area contributed by atoms with Crippen LogP contribution in [-0.2, 0) is 4.79 Å². The number of hydrogen-bond acceptors (Lipinski definition) is 4. The van der Waals surface area contributed by atoms with Gasteiger partial charge < -0.3 is 14.5 Å². The summed E-state index contributed by atoms with van der Waals surface area (Å²) in [5.41, 5.74) is 10.00. The lowest BCUT2D eigenvalue weighted by Gasteiger charge is -2.26. The van der Waals surface area contributed by atoms with Gasteiger partial charge in [0.15, 0.2) is 0 Å². The molecule has 0 aliphatic rings. The summed E-state index contributed by atoms with van der Waals surface area (Å²) in [4.78, 5) is 16.6. The molecule has 4 nitrogen and oxygen atoms in total. The molecule has 0 amide bonds. The van der Waals surface area contributed by atoms with Gasteiger partial charge in [0.25, 0.3) is 0 Å². The summed E-state index contributed by atoms with van der Waals surface area (Å²) in [7, 11) is 0. The first-order chi connectivity index (χ1) is 22.0. The van der Waals surface area contributed by atoms with E-state index in [2.05, 4.69) is 132 Å². The highest BCUT2D eigenvalue weighted by Gasteiger charge is 2.16. The number of hydrogen-bond donors (Lipinski definition) is 0. The number of aryl methyl sites for hydroxylation is 1. The van der Waals surface area contributed by atoms with Gasteiger partial charge in [0.2, 0.25) is 0 Å². The first-order valence-electron chi connectivity index (χ1n) is 14.9. The molecule has 0 radical (unpaired) electrons. The Labute approximate surface area is 265 Å². The molecule has 6 aromatic rings. The Morgan fingerprint density at radius 2 is 0.933 bits per heavy atom. The summed E-state index contributed by atoms with van der Waals surface area (Å²) in [5.74, 6) is 0.0212. The standard InChI is InChI=1S/C41H34N2O2/c1-30(2)41(44)45-40-19-11-18-39(29-40)43(35-15-8-5-9-16-35)37-26-22-33(23-27-37)32-20-24-36(25-21-32)42(34-13-6-4-7-14-34)38-17-10-12-31(3)28-38/h4-29H,1H2,2-3H3. The number of anilines is 6. The van der Waals surface area contributed by atoms with E-state index in [4.69, 9.17) is 4.74 Å². The first kappa shape index (κ1) is 29.2. The smallest absolute Gasteiger partial charge is 0.338 e. The van der Waals surface area contributed by atoms with Crippen molar-refractivity contribution in [1.29, 1.82) is 0 Å². The molecule has 0 fully saturated rings. The lowest BCUT2D eigenvalue weighted by Crippen LogP contribution is -2.11. The monoisotopic (exact) mass is 586 g/mol. The van der Waals surface area contributed by atoms with E-state index in [0.29, 0.717) is 11.3 Å². The number of para-hydroxylation sites is 2. The summed E-state index contributed by atoms with van der Waals surface area (Å²) in [5, 5.41) is 0. The van der Waals surface area contributed by atoms with Gasteiger partial charge in [-0.15, -0.1) is 0 Å². The molecule has 6 aromatic carbocycles. The molecule has 45 heavy (non-hydrogen) atoms. The Morgan fingerprint density at radius 1 is 0.511 bits per heavy atom. The zero-order valence-corrected chi connectivity index (χ0v) is 25.4. The molecular formula is C41H34N2O2. The lowest BCUT2D eigenvalue weighted by molar-refractivity contribution is -0.130. The lowest BCUT2D eigenvalue weighted by atomic mass is 10.0. The molecule has 0 N–H and O–H groups in total. The average molecular weight is 587 g/mol. The van der Waals surface area contributed by atoms with Crippen molar-refractivity contribution in [3.63, 3.8) is 0 Å². The number of carbonyl (C=O) groups excluding carboxylic acids is 1. The second-order valence-corrected chi connectivity index (χ2v) is 10.9. The minimum Gasteiger partial charge on any atom is -0.423 e. The van der Waals surface area contributed by atoms with Gasteiger partial charge in [-0.2, -0.15) is 0 Å². The van der Waals surface area contributed by atoms with Crippen LogP contribution in [0.4, 0.5) is 34.1 Å². The number of ether oxygens (including phenoxy) is 1. The van der Waals surface area contributed by atoms with E-state index in [1.54, 1.807) is 13.0 Å². The van der Waals surface area contributed by atoms with E-state index in [0.717, 1.165) is 45.3 Å². The topological polar surface area (TPSA) is 32.8 Å². The minimum absolute atomic E-state index is 0.354. The van der Waals surface area contributed by atoms with Crippen molar-refractivity contribution in [2.75, 3.05) is 9.80 Å². The third kappa shape index (κ3) is 6.71. The molecule has 220 valence electrons. The maximum Gasteiger partial charge on any atom is 0.338 e. The van der Waals surface area contributed by atoms with Gasteiger partial charge in [0, 0.05) is 45.8 Å². The Bertz CT molecular complexity index is 1920. The highest BCUT2D eigenvalue weighted by Crippen LogP contribution is 2.38. The average Bonchev–Trinajstić information content (AvgIpc) is 3.07. The normalized spacial score (nSPS) is 10.6. The molecule has 0 atom stereocenters. The molecule has 0 saturated heterocycles. The zero-order chi connectivity index (χ0) is 31.2. The molecular weight excluding hydrogens is 552 g/mol. The van der Waals surface area contributed by atoms with E-state index in [9.17, 15) is 4.79 Å². The Morgan fingerprint density at radius 3 is 1.40 bits per heavy atom. The third-order valence-electron chi connectivity index (χ3n) is 7.51. The fourth-order valence-corrected chi connectivity index (χ4v) is 5.30. The molecule has 0 saturated carbocycles. The van der Waals surface area contributed by atoms with Crippen molar-refractivity contribution < 1.29 is 9.53 Å². The van der Waals surface area contributed by atoms with Crippen molar-refractivity contribution in [2.24, 2.45) is 0 Å². The maximum absolute atomic E-state index is 12.2. The van der Waals surface area contributed by atoms with Crippen molar-refractivity contribution in [2.45, 2.75) is 13.8 Å². The van der Waals surface area contributed by atoms with Gasteiger partial charge in [0.05, 0.1) is 0 Å². The number of rotatable bonds is 9. The summed E-state index contributed by atoms with van der Waals surface area (Å²) >= 11 is 0. The van der Waals surface area contributed by atoms with Gasteiger partial charge in [-0.1, -0.05) is 85.4 Å². The van der Waals surface area contributed by atoms with Gasteiger partial charge in [-0.3, -0.25) is 0 Å². The molecule has 0 bridgehead atoms. The van der Waals surface area contributed by atoms with Crippen molar-refractivity contribution in [3.05, 3.63) is 175 Å². The van der Waals surface area contributed by atoms with Crippen LogP contribution in [0.25, 0.3) is 11.1 Å². The SMILES string of the molecule is C=C(C)C(=O)Oc1cccc(N(c2ccccc2)c2ccc(-c3ccc(N(c4ccccc4)c4cccc(C)c4)cc3)cc2)c1. The van der Waals surface area contributed by atoms with E-state index in [-0.39, 0.29) is 0 Å². The van der Waals surface area contributed by atoms with Crippen molar-refractivity contribution >= 4 is 40.1 Å². The van der Waals surface area contributed by atoms with Crippen LogP contribution in [0.2, 0.25) is 0 Å². The summed E-state index contributed by atoms with van der Waals surface area (Å²) < 4.78 is 5.54. The van der Waals surface area contributed by atoms with E-state index in [1.807, 2.05) is 42.5 Å². The molecule has 0 aromatic heterocycles. The fraction of sp³-hybridized carbons (Fsp3) is 0.0488. The maximum atomic E-state index is 12.2. The van der Waals surface area contributed by atoms with Crippen LogP contribution in [0.15, 0.2) is 170 Å². The van der Waals surface area contributed by atoms with Gasteiger partial charge in [-0.05, 0) is 103 Å². The number of carbonyl (C=O) groups is 1.